The molecule has 0 bridgehead atoms. The van der Waals surface area contributed by atoms with Gasteiger partial charge in [-0.1, -0.05) is 38.1 Å². The van der Waals surface area contributed by atoms with Crippen LogP contribution in [0.2, 0.25) is 0 Å². The van der Waals surface area contributed by atoms with Gasteiger partial charge in [0.25, 0.3) is 0 Å². The third-order valence-corrected chi connectivity index (χ3v) is 2.74. The average molecular weight is 173 g/mol. The van der Waals surface area contributed by atoms with Crippen LogP contribution < -0.4 is 0 Å². The van der Waals surface area contributed by atoms with E-state index in [-0.39, 0.29) is 0 Å². The van der Waals surface area contributed by atoms with Crippen molar-refractivity contribution in [2.45, 2.75) is 26.2 Å². The third kappa shape index (κ3) is 1.35. The summed E-state index contributed by atoms with van der Waals surface area (Å²) in [7, 11) is 0. The molecule has 0 saturated carbocycles. The molecule has 0 aliphatic rings. The molecular formula is C12H15N. The summed E-state index contributed by atoms with van der Waals surface area (Å²) in [5.74, 6) is 0.625. The smallest absolute Gasteiger partial charge is 0.0255 e. The molecule has 68 valence electrons. The van der Waals surface area contributed by atoms with Gasteiger partial charge in [0.05, 0.1) is 0 Å². The number of aromatic amines is 1. The standard InChI is InChI=1S/C12H15N/c1-3-9(2)12-11-7-5-4-6-10(11)8-13-12/h4-9,13H,3H2,1-2H3. The van der Waals surface area contributed by atoms with E-state index in [4.69, 9.17) is 0 Å². The second-order valence-corrected chi connectivity index (χ2v) is 3.60. The normalized spacial score (nSPS) is 13.4. The summed E-state index contributed by atoms with van der Waals surface area (Å²) in [6, 6.07) is 8.52. The first-order valence-corrected chi connectivity index (χ1v) is 4.89. The van der Waals surface area contributed by atoms with Gasteiger partial charge < -0.3 is 4.98 Å². The number of aromatic nitrogens is 1. The van der Waals surface area contributed by atoms with Crippen molar-refractivity contribution in [1.29, 1.82) is 0 Å². The molecule has 0 spiro atoms. The lowest BCUT2D eigenvalue weighted by atomic mass is 10.0. The Balaban J connectivity index is 2.57. The van der Waals surface area contributed by atoms with Crippen molar-refractivity contribution in [2.24, 2.45) is 0 Å². The first kappa shape index (κ1) is 8.36. The Morgan fingerprint density at radius 3 is 2.85 bits per heavy atom. The van der Waals surface area contributed by atoms with Crippen LogP contribution in [-0.2, 0) is 0 Å². The van der Waals surface area contributed by atoms with Gasteiger partial charge in [-0.15, -0.1) is 0 Å². The zero-order valence-electron chi connectivity index (χ0n) is 8.17. The maximum Gasteiger partial charge on any atom is 0.0255 e. The van der Waals surface area contributed by atoms with Gasteiger partial charge in [0, 0.05) is 17.3 Å². The van der Waals surface area contributed by atoms with Crippen LogP contribution >= 0.6 is 0 Å². The summed E-state index contributed by atoms with van der Waals surface area (Å²) in [5.41, 5.74) is 1.37. The Morgan fingerprint density at radius 2 is 2.08 bits per heavy atom. The number of H-pyrrole nitrogens is 1. The van der Waals surface area contributed by atoms with Gasteiger partial charge in [-0.3, -0.25) is 0 Å². The number of hydrogen-bond donors (Lipinski definition) is 1. The molecule has 0 saturated heterocycles. The molecule has 1 nitrogen and oxygen atoms in total. The van der Waals surface area contributed by atoms with Crippen LogP contribution in [0.15, 0.2) is 30.5 Å². The van der Waals surface area contributed by atoms with Crippen LogP contribution in [0.3, 0.4) is 0 Å². The number of hydrogen-bond acceptors (Lipinski definition) is 0. The molecule has 0 aliphatic heterocycles. The van der Waals surface area contributed by atoms with E-state index in [0.29, 0.717) is 5.92 Å². The number of fused-ring (bicyclic) bond motifs is 1. The predicted molar refractivity (Wildman–Crippen MR) is 57.0 cm³/mol. The first-order valence-electron chi connectivity index (χ1n) is 4.89. The molecule has 1 heterocycles. The summed E-state index contributed by atoms with van der Waals surface area (Å²) in [6.45, 7) is 4.48. The van der Waals surface area contributed by atoms with Crippen molar-refractivity contribution in [1.82, 2.24) is 4.98 Å². The van der Waals surface area contributed by atoms with Gasteiger partial charge in [0.2, 0.25) is 0 Å². The SMILES string of the molecule is CCC(C)c1[nH]cc2ccccc12. The van der Waals surface area contributed by atoms with Gasteiger partial charge in [-0.2, -0.15) is 0 Å². The predicted octanol–water partition coefficient (Wildman–Crippen LogP) is 3.68. The number of rotatable bonds is 2. The molecule has 2 rings (SSSR count). The maximum atomic E-state index is 3.36. The fourth-order valence-electron chi connectivity index (χ4n) is 1.71. The minimum absolute atomic E-state index is 0.625. The second kappa shape index (κ2) is 3.25. The highest BCUT2D eigenvalue weighted by molar-refractivity contribution is 5.85. The first-order chi connectivity index (χ1) is 6.33. The lowest BCUT2D eigenvalue weighted by Gasteiger charge is -2.06. The van der Waals surface area contributed by atoms with Crippen LogP contribution in [0, 0.1) is 0 Å². The van der Waals surface area contributed by atoms with Crippen LogP contribution in [0.25, 0.3) is 10.8 Å². The fraction of sp³-hybridized carbons (Fsp3) is 0.333. The Kier molecular flexibility index (Phi) is 2.09. The lowest BCUT2D eigenvalue weighted by molar-refractivity contribution is 0.719. The molecule has 0 fully saturated rings. The molecule has 1 heteroatoms. The van der Waals surface area contributed by atoms with E-state index in [1.54, 1.807) is 0 Å². The lowest BCUT2D eigenvalue weighted by Crippen LogP contribution is -1.91. The average Bonchev–Trinajstić information content (AvgIpc) is 2.60. The minimum atomic E-state index is 0.625. The minimum Gasteiger partial charge on any atom is -0.364 e. The fourth-order valence-corrected chi connectivity index (χ4v) is 1.71. The van der Waals surface area contributed by atoms with Gasteiger partial charge in [0.15, 0.2) is 0 Å². The third-order valence-electron chi connectivity index (χ3n) is 2.74. The zero-order chi connectivity index (χ0) is 9.26. The largest absolute Gasteiger partial charge is 0.364 e. The van der Waals surface area contributed by atoms with Crippen molar-refractivity contribution in [3.63, 3.8) is 0 Å². The highest BCUT2D eigenvalue weighted by Crippen LogP contribution is 2.26. The summed E-state index contributed by atoms with van der Waals surface area (Å²) in [4.78, 5) is 3.36. The van der Waals surface area contributed by atoms with Crippen molar-refractivity contribution >= 4 is 10.8 Å². The summed E-state index contributed by atoms with van der Waals surface area (Å²) >= 11 is 0. The molecule has 1 N–H and O–H groups in total. The molecular weight excluding hydrogens is 158 g/mol. The summed E-state index contributed by atoms with van der Waals surface area (Å²) < 4.78 is 0. The number of nitrogens with one attached hydrogen (secondary N) is 1. The van der Waals surface area contributed by atoms with Crippen molar-refractivity contribution in [3.05, 3.63) is 36.2 Å². The second-order valence-electron chi connectivity index (χ2n) is 3.60. The van der Waals surface area contributed by atoms with E-state index in [2.05, 4.69) is 49.3 Å². The highest BCUT2D eigenvalue weighted by atomic mass is 14.7. The molecule has 0 aliphatic carbocycles. The Bertz CT molecular complexity index is 400. The van der Waals surface area contributed by atoms with Crippen LogP contribution in [0.5, 0.6) is 0 Å². The molecule has 0 radical (unpaired) electrons. The monoisotopic (exact) mass is 173 g/mol. The zero-order valence-corrected chi connectivity index (χ0v) is 8.17. The molecule has 1 aromatic carbocycles. The van der Waals surface area contributed by atoms with Gasteiger partial charge in [0.1, 0.15) is 0 Å². The van der Waals surface area contributed by atoms with Crippen molar-refractivity contribution in [3.8, 4) is 0 Å². The van der Waals surface area contributed by atoms with Crippen LogP contribution in [0.4, 0.5) is 0 Å². The summed E-state index contributed by atoms with van der Waals surface area (Å²) in [6.07, 6.45) is 3.28. The maximum absolute atomic E-state index is 3.36. The Morgan fingerprint density at radius 1 is 1.31 bits per heavy atom. The summed E-state index contributed by atoms with van der Waals surface area (Å²) in [5, 5.41) is 2.69. The van der Waals surface area contributed by atoms with Crippen molar-refractivity contribution < 1.29 is 0 Å². The van der Waals surface area contributed by atoms with E-state index >= 15 is 0 Å². The highest BCUT2D eigenvalue weighted by Gasteiger charge is 2.08. The quantitative estimate of drug-likeness (QED) is 0.713. The van der Waals surface area contributed by atoms with E-state index in [0.717, 1.165) is 0 Å². The Labute approximate surface area is 78.8 Å². The van der Waals surface area contributed by atoms with Crippen LogP contribution in [-0.4, -0.2) is 4.98 Å². The topological polar surface area (TPSA) is 15.8 Å². The van der Waals surface area contributed by atoms with E-state index in [1.807, 2.05) is 0 Å². The van der Waals surface area contributed by atoms with Crippen molar-refractivity contribution in [2.75, 3.05) is 0 Å². The Hall–Kier alpha value is -1.24. The van der Waals surface area contributed by atoms with Gasteiger partial charge in [-0.25, -0.2) is 0 Å². The molecule has 13 heavy (non-hydrogen) atoms. The number of benzene rings is 1. The molecule has 2 aromatic rings. The van der Waals surface area contributed by atoms with Gasteiger partial charge in [-0.05, 0) is 17.7 Å². The molecule has 1 aromatic heterocycles. The van der Waals surface area contributed by atoms with Crippen LogP contribution in [0.1, 0.15) is 31.9 Å². The molecule has 1 atom stereocenters. The molecule has 0 amide bonds. The molecule has 1 unspecified atom stereocenters. The van der Waals surface area contributed by atoms with E-state index in [9.17, 15) is 0 Å². The van der Waals surface area contributed by atoms with E-state index in [1.165, 1.54) is 22.9 Å². The van der Waals surface area contributed by atoms with E-state index < -0.39 is 0 Å². The van der Waals surface area contributed by atoms with Gasteiger partial charge >= 0.3 is 0 Å².